The molecule has 3 nitrogen and oxygen atoms in total. The minimum absolute atomic E-state index is 0.0620. The third-order valence-corrected chi connectivity index (χ3v) is 3.29. The largest absolute Gasteiger partial charge is 0.392 e. The predicted octanol–water partition coefficient (Wildman–Crippen LogP) is 0.788. The Hall–Kier alpha value is -0.380. The zero-order valence-electron chi connectivity index (χ0n) is 8.83. The molecule has 0 saturated carbocycles. The van der Waals surface area contributed by atoms with Crippen molar-refractivity contribution in [3.05, 3.63) is 12.2 Å². The Morgan fingerprint density at radius 3 is 3.21 bits per heavy atom. The lowest BCUT2D eigenvalue weighted by Gasteiger charge is -2.30. The molecule has 2 aliphatic heterocycles. The van der Waals surface area contributed by atoms with Crippen molar-refractivity contribution in [1.82, 2.24) is 4.90 Å². The minimum Gasteiger partial charge on any atom is -0.392 e. The van der Waals surface area contributed by atoms with Crippen LogP contribution in [0.25, 0.3) is 0 Å². The number of fused-ring (bicyclic) bond motifs is 1. The number of rotatable bonds is 3. The molecule has 2 aliphatic rings. The molecule has 0 unspecified atom stereocenters. The van der Waals surface area contributed by atoms with Gasteiger partial charge in [-0.25, -0.2) is 0 Å². The van der Waals surface area contributed by atoms with E-state index in [4.69, 9.17) is 4.74 Å². The van der Waals surface area contributed by atoms with Crippen LogP contribution in [-0.2, 0) is 4.74 Å². The van der Waals surface area contributed by atoms with Crippen molar-refractivity contribution in [3.63, 3.8) is 0 Å². The van der Waals surface area contributed by atoms with E-state index in [-0.39, 0.29) is 11.6 Å². The smallest absolute Gasteiger partial charge is 0.0686 e. The third kappa shape index (κ3) is 1.60. The molecule has 0 spiro atoms. The summed E-state index contributed by atoms with van der Waals surface area (Å²) in [5, 5.41) is 9.66. The Kier molecular flexibility index (Phi) is 2.64. The first-order valence-corrected chi connectivity index (χ1v) is 5.34. The number of nitrogens with zero attached hydrogens (tertiary/aromatic N) is 1. The molecule has 0 amide bonds. The van der Waals surface area contributed by atoms with Gasteiger partial charge in [-0.05, 0) is 19.8 Å². The monoisotopic (exact) mass is 197 g/mol. The summed E-state index contributed by atoms with van der Waals surface area (Å²) in [5.41, 5.74) is 1.34. The highest BCUT2D eigenvalue weighted by Gasteiger charge is 2.49. The van der Waals surface area contributed by atoms with E-state index in [1.807, 2.05) is 6.92 Å². The molecule has 0 aromatic heterocycles. The summed E-state index contributed by atoms with van der Waals surface area (Å²) in [6.45, 7) is 9.25. The van der Waals surface area contributed by atoms with Gasteiger partial charge in [0.05, 0.1) is 18.2 Å². The average Bonchev–Trinajstić information content (AvgIpc) is 2.53. The van der Waals surface area contributed by atoms with Gasteiger partial charge in [0.25, 0.3) is 0 Å². The zero-order valence-corrected chi connectivity index (χ0v) is 8.83. The number of ether oxygens (including phenoxy) is 1. The quantitative estimate of drug-likeness (QED) is 0.679. The maximum Gasteiger partial charge on any atom is 0.0686 e. The molecule has 2 fully saturated rings. The van der Waals surface area contributed by atoms with Crippen LogP contribution >= 0.6 is 0 Å². The van der Waals surface area contributed by atoms with Crippen molar-refractivity contribution in [2.24, 2.45) is 0 Å². The molecule has 80 valence electrons. The molecule has 0 aliphatic carbocycles. The molecule has 14 heavy (non-hydrogen) atoms. The van der Waals surface area contributed by atoms with Gasteiger partial charge < -0.3 is 9.84 Å². The predicted molar refractivity (Wildman–Crippen MR) is 55.2 cm³/mol. The van der Waals surface area contributed by atoms with Crippen LogP contribution in [0.15, 0.2) is 12.2 Å². The number of β-amino-alcohol motifs (C(OH)–C–C–N with tert-alkyl or cyclic N) is 1. The fraction of sp³-hybridized carbons (Fsp3) is 0.818. The van der Waals surface area contributed by atoms with E-state index in [0.717, 1.165) is 39.1 Å². The second kappa shape index (κ2) is 3.65. The molecular formula is C11H19NO2. The van der Waals surface area contributed by atoms with Gasteiger partial charge in [0.2, 0.25) is 0 Å². The van der Waals surface area contributed by atoms with Crippen LogP contribution in [0, 0.1) is 0 Å². The second-order valence-corrected chi connectivity index (χ2v) is 4.53. The van der Waals surface area contributed by atoms with Crippen LogP contribution < -0.4 is 0 Å². The van der Waals surface area contributed by atoms with E-state index in [1.165, 1.54) is 5.57 Å². The van der Waals surface area contributed by atoms with E-state index >= 15 is 0 Å². The Balaban J connectivity index is 2.08. The van der Waals surface area contributed by atoms with Gasteiger partial charge in [0.15, 0.2) is 0 Å². The highest BCUT2D eigenvalue weighted by atomic mass is 16.5. The Labute approximate surface area is 85.4 Å². The first-order chi connectivity index (χ1) is 6.66. The minimum atomic E-state index is -0.177. The molecule has 3 heteroatoms. The van der Waals surface area contributed by atoms with Gasteiger partial charge in [-0.2, -0.15) is 0 Å². The van der Waals surface area contributed by atoms with Gasteiger partial charge in [-0.1, -0.05) is 12.2 Å². The number of aliphatic hydroxyl groups is 1. The topological polar surface area (TPSA) is 32.7 Å². The number of aliphatic hydroxyl groups excluding tert-OH is 1. The summed E-state index contributed by atoms with van der Waals surface area (Å²) in [7, 11) is 0. The molecule has 2 atom stereocenters. The molecule has 0 radical (unpaired) electrons. The Morgan fingerprint density at radius 1 is 1.71 bits per heavy atom. The van der Waals surface area contributed by atoms with Crippen molar-refractivity contribution in [1.29, 1.82) is 0 Å². The Bertz CT molecular complexity index is 241. The maximum absolute atomic E-state index is 9.66. The molecule has 2 heterocycles. The van der Waals surface area contributed by atoms with Crippen molar-refractivity contribution in [3.8, 4) is 0 Å². The lowest BCUT2D eigenvalue weighted by Crippen LogP contribution is -2.42. The molecule has 0 bridgehead atoms. The van der Waals surface area contributed by atoms with E-state index in [1.54, 1.807) is 0 Å². The summed E-state index contributed by atoms with van der Waals surface area (Å²) in [5.74, 6) is 0. The lowest BCUT2D eigenvalue weighted by molar-refractivity contribution is 0.0410. The first kappa shape index (κ1) is 10.1. The van der Waals surface area contributed by atoms with Gasteiger partial charge in [0, 0.05) is 19.7 Å². The van der Waals surface area contributed by atoms with Crippen molar-refractivity contribution >= 4 is 0 Å². The van der Waals surface area contributed by atoms with E-state index in [9.17, 15) is 5.11 Å². The summed E-state index contributed by atoms with van der Waals surface area (Å²) in [4.78, 5) is 2.33. The highest BCUT2D eigenvalue weighted by molar-refractivity contribution is 5.19. The summed E-state index contributed by atoms with van der Waals surface area (Å²) < 4.78 is 5.52. The van der Waals surface area contributed by atoms with Crippen LogP contribution in [0.4, 0.5) is 0 Å². The standard InChI is InChI=1S/C11H19NO2/c1-3-14-8-11-4-9(2)6-12(11)7-10(13)5-11/h10,13H,2-8H2,1H3/t10-,11+/m0/s1. The molecule has 2 rings (SSSR count). The van der Waals surface area contributed by atoms with Crippen molar-refractivity contribution in [2.75, 3.05) is 26.3 Å². The van der Waals surface area contributed by atoms with Gasteiger partial charge in [0.1, 0.15) is 0 Å². The fourth-order valence-corrected chi connectivity index (χ4v) is 2.78. The number of hydrogen-bond donors (Lipinski definition) is 1. The molecule has 0 aromatic rings. The van der Waals surface area contributed by atoms with E-state index in [0.29, 0.717) is 0 Å². The van der Waals surface area contributed by atoms with Crippen LogP contribution in [-0.4, -0.2) is 48.0 Å². The van der Waals surface area contributed by atoms with E-state index < -0.39 is 0 Å². The summed E-state index contributed by atoms with van der Waals surface area (Å²) in [6, 6.07) is 0. The number of hydrogen-bond acceptors (Lipinski definition) is 3. The molecular weight excluding hydrogens is 178 g/mol. The fourth-order valence-electron chi connectivity index (χ4n) is 2.78. The zero-order chi connectivity index (χ0) is 10.2. The molecule has 1 N–H and O–H groups in total. The second-order valence-electron chi connectivity index (χ2n) is 4.53. The SMILES string of the molecule is C=C1CN2C[C@@H](O)C[C@@]2(COCC)C1. The van der Waals surface area contributed by atoms with Gasteiger partial charge in [-0.15, -0.1) is 0 Å². The maximum atomic E-state index is 9.66. The van der Waals surface area contributed by atoms with Gasteiger partial charge >= 0.3 is 0 Å². The Morgan fingerprint density at radius 2 is 2.50 bits per heavy atom. The average molecular weight is 197 g/mol. The first-order valence-electron chi connectivity index (χ1n) is 5.34. The molecule has 2 saturated heterocycles. The van der Waals surface area contributed by atoms with Crippen LogP contribution in [0.5, 0.6) is 0 Å². The van der Waals surface area contributed by atoms with Crippen LogP contribution in [0.1, 0.15) is 19.8 Å². The normalized spacial score (nSPS) is 37.9. The van der Waals surface area contributed by atoms with Crippen molar-refractivity contribution < 1.29 is 9.84 Å². The highest BCUT2D eigenvalue weighted by Crippen LogP contribution is 2.40. The van der Waals surface area contributed by atoms with Crippen molar-refractivity contribution in [2.45, 2.75) is 31.4 Å². The van der Waals surface area contributed by atoms with Crippen LogP contribution in [0.3, 0.4) is 0 Å². The van der Waals surface area contributed by atoms with E-state index in [2.05, 4.69) is 11.5 Å². The summed E-state index contributed by atoms with van der Waals surface area (Å²) in [6.07, 6.45) is 1.65. The summed E-state index contributed by atoms with van der Waals surface area (Å²) >= 11 is 0. The van der Waals surface area contributed by atoms with Gasteiger partial charge in [-0.3, -0.25) is 4.90 Å². The molecule has 0 aromatic carbocycles. The third-order valence-electron chi connectivity index (χ3n) is 3.29. The lowest BCUT2D eigenvalue weighted by atomic mass is 9.93. The van der Waals surface area contributed by atoms with Crippen LogP contribution in [0.2, 0.25) is 0 Å².